The Labute approximate surface area is 112 Å². The molecule has 0 saturated carbocycles. The molecular weight excluding hydrogens is 250 g/mol. The van der Waals surface area contributed by atoms with Crippen molar-refractivity contribution in [2.75, 3.05) is 6.54 Å². The zero-order chi connectivity index (χ0) is 13.2. The lowest BCUT2D eigenvalue weighted by Gasteiger charge is -2.15. The lowest BCUT2D eigenvalue weighted by molar-refractivity contribution is 0.0307. The quantitative estimate of drug-likeness (QED) is 0.905. The van der Waals surface area contributed by atoms with Crippen LogP contribution in [0.15, 0.2) is 4.52 Å². The van der Waals surface area contributed by atoms with Crippen molar-refractivity contribution in [2.24, 2.45) is 5.73 Å². The molecule has 1 saturated heterocycles. The summed E-state index contributed by atoms with van der Waals surface area (Å²) in [6.07, 6.45) is 1.94. The van der Waals surface area contributed by atoms with E-state index in [9.17, 15) is 0 Å². The molecule has 0 aromatic carbocycles. The number of hydrogen-bond donors (Lipinski definition) is 1. The first-order valence-electron chi connectivity index (χ1n) is 6.30. The Hall–Kier alpha value is -0.590. The summed E-state index contributed by atoms with van der Waals surface area (Å²) < 4.78 is 11.2. The average Bonchev–Trinajstić information content (AvgIpc) is 2.94. The number of hydrogen-bond acceptors (Lipinski definition) is 6. The minimum absolute atomic E-state index is 0.0700. The molecule has 2 N–H and O–H groups in total. The fraction of sp³-hybridized carbons (Fsp3) is 0.833. The van der Waals surface area contributed by atoms with Crippen LogP contribution in [0, 0.1) is 0 Å². The van der Waals surface area contributed by atoms with E-state index in [1.807, 2.05) is 0 Å². The normalized spacial score (nSPS) is 24.7. The number of ether oxygens (including phenoxy) is 1. The molecule has 1 aromatic rings. The van der Waals surface area contributed by atoms with Crippen LogP contribution < -0.4 is 5.73 Å². The van der Waals surface area contributed by atoms with Crippen molar-refractivity contribution < 1.29 is 9.26 Å². The van der Waals surface area contributed by atoms with Gasteiger partial charge in [-0.15, -0.1) is 11.8 Å². The second-order valence-corrected chi connectivity index (χ2v) is 7.31. The molecule has 1 aliphatic heterocycles. The van der Waals surface area contributed by atoms with Gasteiger partial charge in [0.25, 0.3) is 5.89 Å². The topological polar surface area (TPSA) is 74.2 Å². The summed E-state index contributed by atoms with van der Waals surface area (Å²) in [7, 11) is 0. The van der Waals surface area contributed by atoms with Gasteiger partial charge in [-0.2, -0.15) is 4.98 Å². The Morgan fingerprint density at radius 2 is 2.17 bits per heavy atom. The van der Waals surface area contributed by atoms with Gasteiger partial charge in [0.1, 0.15) is 6.10 Å². The molecule has 0 bridgehead atoms. The van der Waals surface area contributed by atoms with Crippen LogP contribution in [0.25, 0.3) is 0 Å². The molecule has 18 heavy (non-hydrogen) atoms. The maximum Gasteiger partial charge on any atom is 0.255 e. The highest BCUT2D eigenvalue weighted by Crippen LogP contribution is 2.32. The maximum atomic E-state index is 5.73. The zero-order valence-corrected chi connectivity index (χ0v) is 12.0. The lowest BCUT2D eigenvalue weighted by atomic mass is 10.2. The second-order valence-electron chi connectivity index (χ2n) is 5.51. The number of nitrogens with zero attached hydrogens (tertiary/aromatic N) is 2. The van der Waals surface area contributed by atoms with Crippen molar-refractivity contribution >= 4 is 11.8 Å². The standard InChI is InChI=1S/C12H21N3O2S/c1-12(2,3)18-7-10-14-11(17-15-10)9-5-4-8(6-13)16-9/h8-9H,4-7,13H2,1-3H3. The SMILES string of the molecule is CC(C)(C)SCc1noc(C2CCC(CN)O2)n1. The molecule has 102 valence electrons. The molecule has 1 aromatic heterocycles. The van der Waals surface area contributed by atoms with E-state index < -0.39 is 0 Å². The maximum absolute atomic E-state index is 5.73. The van der Waals surface area contributed by atoms with E-state index >= 15 is 0 Å². The third-order valence-electron chi connectivity index (χ3n) is 2.76. The molecule has 0 aliphatic carbocycles. The summed E-state index contributed by atoms with van der Waals surface area (Å²) in [5.74, 6) is 2.10. The van der Waals surface area contributed by atoms with Crippen molar-refractivity contribution in [3.63, 3.8) is 0 Å². The number of rotatable bonds is 4. The zero-order valence-electron chi connectivity index (χ0n) is 11.2. The molecule has 5 nitrogen and oxygen atoms in total. The Morgan fingerprint density at radius 3 is 2.78 bits per heavy atom. The average molecular weight is 271 g/mol. The van der Waals surface area contributed by atoms with Gasteiger partial charge in [0.05, 0.1) is 11.9 Å². The van der Waals surface area contributed by atoms with Crippen LogP contribution >= 0.6 is 11.8 Å². The lowest BCUT2D eigenvalue weighted by Crippen LogP contribution is -2.18. The van der Waals surface area contributed by atoms with Gasteiger partial charge in [0.2, 0.25) is 0 Å². The fourth-order valence-electron chi connectivity index (χ4n) is 1.80. The third-order valence-corrected chi connectivity index (χ3v) is 4.03. The van der Waals surface area contributed by atoms with Crippen molar-refractivity contribution in [3.8, 4) is 0 Å². The minimum atomic E-state index is -0.0700. The number of nitrogens with two attached hydrogens (primary N) is 1. The highest BCUT2D eigenvalue weighted by atomic mass is 32.2. The van der Waals surface area contributed by atoms with Gasteiger partial charge in [0, 0.05) is 11.3 Å². The molecule has 0 radical (unpaired) electrons. The van der Waals surface area contributed by atoms with Crippen molar-refractivity contribution in [1.29, 1.82) is 0 Å². The summed E-state index contributed by atoms with van der Waals surface area (Å²) in [5, 5.41) is 4.00. The first-order chi connectivity index (χ1) is 8.48. The predicted molar refractivity (Wildman–Crippen MR) is 71.2 cm³/mol. The predicted octanol–water partition coefficient (Wildman–Crippen LogP) is 2.28. The Kier molecular flexibility index (Phi) is 4.29. The number of aromatic nitrogens is 2. The molecule has 2 atom stereocenters. The van der Waals surface area contributed by atoms with Crippen molar-refractivity contribution in [3.05, 3.63) is 11.7 Å². The van der Waals surface area contributed by atoms with Crippen LogP contribution in [0.1, 0.15) is 51.4 Å². The molecule has 1 fully saturated rings. The smallest absolute Gasteiger partial charge is 0.255 e. The molecule has 1 aliphatic rings. The Bertz CT molecular complexity index is 389. The van der Waals surface area contributed by atoms with Crippen LogP contribution in [0.2, 0.25) is 0 Å². The molecular formula is C12H21N3O2S. The van der Waals surface area contributed by atoms with Gasteiger partial charge in [-0.25, -0.2) is 0 Å². The van der Waals surface area contributed by atoms with Crippen LogP contribution in [-0.2, 0) is 10.5 Å². The van der Waals surface area contributed by atoms with Crippen molar-refractivity contribution in [2.45, 2.75) is 56.3 Å². The molecule has 2 heterocycles. The fourth-order valence-corrected chi connectivity index (χ4v) is 2.48. The summed E-state index contributed by atoms with van der Waals surface area (Å²) in [6.45, 7) is 7.07. The molecule has 0 amide bonds. The minimum Gasteiger partial charge on any atom is -0.364 e. The Morgan fingerprint density at radius 1 is 1.39 bits per heavy atom. The summed E-state index contributed by atoms with van der Waals surface area (Å²) in [4.78, 5) is 4.40. The first kappa shape index (κ1) is 13.8. The van der Waals surface area contributed by atoms with Crippen LogP contribution in [0.3, 0.4) is 0 Å². The van der Waals surface area contributed by atoms with Crippen LogP contribution in [0.5, 0.6) is 0 Å². The summed E-state index contributed by atoms with van der Waals surface area (Å²) in [5.41, 5.74) is 5.58. The summed E-state index contributed by atoms with van der Waals surface area (Å²) >= 11 is 1.80. The molecule has 6 heteroatoms. The van der Waals surface area contributed by atoms with E-state index in [2.05, 4.69) is 30.9 Å². The van der Waals surface area contributed by atoms with Crippen LogP contribution in [0.4, 0.5) is 0 Å². The molecule has 2 unspecified atom stereocenters. The monoisotopic (exact) mass is 271 g/mol. The van der Waals surface area contributed by atoms with E-state index in [-0.39, 0.29) is 17.0 Å². The Balaban J connectivity index is 1.90. The van der Waals surface area contributed by atoms with E-state index in [1.165, 1.54) is 0 Å². The molecule has 2 rings (SSSR count). The second kappa shape index (κ2) is 5.59. The van der Waals surface area contributed by atoms with Gasteiger partial charge in [-0.3, -0.25) is 0 Å². The van der Waals surface area contributed by atoms with Gasteiger partial charge in [-0.1, -0.05) is 25.9 Å². The van der Waals surface area contributed by atoms with E-state index in [0.29, 0.717) is 12.4 Å². The van der Waals surface area contributed by atoms with E-state index in [4.69, 9.17) is 15.0 Å². The van der Waals surface area contributed by atoms with Crippen molar-refractivity contribution in [1.82, 2.24) is 10.1 Å². The van der Waals surface area contributed by atoms with Gasteiger partial charge >= 0.3 is 0 Å². The highest BCUT2D eigenvalue weighted by molar-refractivity contribution is 7.99. The number of thioether (sulfide) groups is 1. The third kappa shape index (κ3) is 3.70. The largest absolute Gasteiger partial charge is 0.364 e. The van der Waals surface area contributed by atoms with Gasteiger partial charge in [-0.05, 0) is 12.8 Å². The van der Waals surface area contributed by atoms with E-state index in [1.54, 1.807) is 11.8 Å². The van der Waals surface area contributed by atoms with Gasteiger partial charge < -0.3 is 15.0 Å². The van der Waals surface area contributed by atoms with E-state index in [0.717, 1.165) is 24.4 Å². The molecule has 0 spiro atoms. The highest BCUT2D eigenvalue weighted by Gasteiger charge is 2.29. The summed E-state index contributed by atoms with van der Waals surface area (Å²) in [6, 6.07) is 0. The van der Waals surface area contributed by atoms with Crippen LogP contribution in [-0.4, -0.2) is 27.5 Å². The van der Waals surface area contributed by atoms with Gasteiger partial charge in [0.15, 0.2) is 5.82 Å². The first-order valence-corrected chi connectivity index (χ1v) is 7.28.